The number of aliphatic hydroxyl groups is 1. The van der Waals surface area contributed by atoms with Gasteiger partial charge in [0.25, 0.3) is 12.9 Å². The van der Waals surface area contributed by atoms with Crippen LogP contribution in [0.15, 0.2) is 0 Å². The van der Waals surface area contributed by atoms with E-state index in [0.29, 0.717) is 32.5 Å². The fourth-order valence-corrected chi connectivity index (χ4v) is 3.66. The number of rotatable bonds is 3. The van der Waals surface area contributed by atoms with E-state index in [1.807, 2.05) is 23.9 Å². The molecule has 1 atom stereocenters. The maximum absolute atomic E-state index is 12.7. The number of hydrogen-bond donors (Lipinski definition) is 3. The average molecular weight is 389 g/mol. The molecule has 0 bridgehead atoms. The third kappa shape index (κ3) is 9.69. The minimum Gasteiger partial charge on any atom is -0.483 e. The zero-order valence-corrected chi connectivity index (χ0v) is 16.7. The first kappa shape index (κ1) is 25.3. The summed E-state index contributed by atoms with van der Waals surface area (Å²) in [6.07, 6.45) is 5.94. The second-order valence-corrected chi connectivity index (χ2v) is 7.34. The van der Waals surface area contributed by atoms with Crippen molar-refractivity contribution in [2.45, 2.75) is 50.2 Å². The Morgan fingerprint density at radius 3 is 2.07 bits per heavy atom. The predicted octanol–water partition coefficient (Wildman–Crippen LogP) is 0.178. The number of carbonyl (C=O) groups is 3. The number of amides is 1. The number of likely N-dealkylation sites (tertiary alicyclic amines) is 2. The van der Waals surface area contributed by atoms with Gasteiger partial charge < -0.3 is 25.1 Å². The number of hydrogen-bond acceptors (Lipinski definition) is 6. The molecular weight excluding hydrogens is 354 g/mol. The first-order valence-electron chi connectivity index (χ1n) is 9.26. The van der Waals surface area contributed by atoms with Crippen LogP contribution < -0.4 is 0 Å². The van der Waals surface area contributed by atoms with E-state index in [2.05, 4.69) is 11.9 Å². The Hall–Kier alpha value is -1.71. The second kappa shape index (κ2) is 13.5. The number of carboxylic acid groups (broad SMARTS) is 2. The molecule has 0 aromatic heterocycles. The summed E-state index contributed by atoms with van der Waals surface area (Å²) in [6, 6.07) is 0.0486. The van der Waals surface area contributed by atoms with Gasteiger partial charge in [0.2, 0.25) is 5.91 Å². The molecule has 0 aromatic carbocycles. The molecule has 9 heteroatoms. The van der Waals surface area contributed by atoms with Gasteiger partial charge in [0.1, 0.15) is 0 Å². The monoisotopic (exact) mass is 389 g/mol. The summed E-state index contributed by atoms with van der Waals surface area (Å²) < 4.78 is 0. The second-order valence-electron chi connectivity index (χ2n) is 7.34. The number of likely N-dealkylation sites (N-methyl/N-ethyl adjacent to an activating group) is 2. The standard InChI is InChI=1S/C16H31N3O2.2CH2O2/c1-17(2)13-16(21)8-11-19(12-9-16)15(20)14-7-5-4-6-10-18(14)3;2*2-1-3/h14,21H,4-13H2,1-3H3;2*1H,(H,2,3). The fourth-order valence-electron chi connectivity index (χ4n) is 3.66. The van der Waals surface area contributed by atoms with E-state index in [4.69, 9.17) is 19.8 Å². The summed E-state index contributed by atoms with van der Waals surface area (Å²) >= 11 is 0. The summed E-state index contributed by atoms with van der Waals surface area (Å²) in [6.45, 7) is 2.58. The first-order valence-corrected chi connectivity index (χ1v) is 9.26. The molecule has 2 fully saturated rings. The molecule has 0 radical (unpaired) electrons. The number of carbonyl (C=O) groups excluding carboxylic acids is 1. The molecule has 2 saturated heterocycles. The Labute approximate surface area is 161 Å². The van der Waals surface area contributed by atoms with Crippen molar-refractivity contribution in [3.63, 3.8) is 0 Å². The summed E-state index contributed by atoms with van der Waals surface area (Å²) in [5, 5.41) is 24.3. The lowest BCUT2D eigenvalue weighted by Gasteiger charge is -2.41. The Kier molecular flexibility index (Phi) is 12.6. The van der Waals surface area contributed by atoms with Crippen LogP contribution in [0, 0.1) is 0 Å². The highest BCUT2D eigenvalue weighted by molar-refractivity contribution is 5.82. The molecule has 0 spiro atoms. The van der Waals surface area contributed by atoms with E-state index < -0.39 is 5.60 Å². The van der Waals surface area contributed by atoms with Gasteiger partial charge in [-0.3, -0.25) is 19.3 Å². The van der Waals surface area contributed by atoms with Crippen molar-refractivity contribution in [2.75, 3.05) is 47.3 Å². The maximum atomic E-state index is 12.7. The van der Waals surface area contributed by atoms with Gasteiger partial charge in [-0.05, 0) is 53.4 Å². The molecule has 2 heterocycles. The van der Waals surface area contributed by atoms with Crippen molar-refractivity contribution in [2.24, 2.45) is 0 Å². The number of piperidine rings is 1. The highest BCUT2D eigenvalue weighted by Crippen LogP contribution is 2.25. The molecule has 0 aromatic rings. The Morgan fingerprint density at radius 1 is 1.07 bits per heavy atom. The zero-order valence-electron chi connectivity index (χ0n) is 16.7. The van der Waals surface area contributed by atoms with Crippen LogP contribution in [-0.2, 0) is 14.4 Å². The van der Waals surface area contributed by atoms with E-state index in [1.165, 1.54) is 12.8 Å². The fraction of sp³-hybridized carbons (Fsp3) is 0.833. The van der Waals surface area contributed by atoms with Gasteiger partial charge in [-0.15, -0.1) is 0 Å². The van der Waals surface area contributed by atoms with Crippen molar-refractivity contribution < 1.29 is 29.7 Å². The van der Waals surface area contributed by atoms with Gasteiger partial charge in [-0.25, -0.2) is 0 Å². The van der Waals surface area contributed by atoms with Crippen LogP contribution in [-0.4, -0.2) is 108 Å². The van der Waals surface area contributed by atoms with Crippen molar-refractivity contribution in [3.05, 3.63) is 0 Å². The average Bonchev–Trinajstić information content (AvgIpc) is 2.80. The maximum Gasteiger partial charge on any atom is 0.290 e. The van der Waals surface area contributed by atoms with Crippen LogP contribution >= 0.6 is 0 Å². The van der Waals surface area contributed by atoms with E-state index in [9.17, 15) is 9.90 Å². The first-order chi connectivity index (χ1) is 12.7. The molecule has 0 saturated carbocycles. The van der Waals surface area contributed by atoms with E-state index in [1.54, 1.807) is 0 Å². The quantitative estimate of drug-likeness (QED) is 0.584. The Balaban J connectivity index is 0.000000997. The number of nitrogens with zero attached hydrogens (tertiary/aromatic N) is 3. The van der Waals surface area contributed by atoms with Gasteiger partial charge in [0, 0.05) is 19.6 Å². The molecule has 3 N–H and O–H groups in total. The highest BCUT2D eigenvalue weighted by atomic mass is 16.3. The van der Waals surface area contributed by atoms with Crippen LogP contribution in [0.2, 0.25) is 0 Å². The summed E-state index contributed by atoms with van der Waals surface area (Å²) in [7, 11) is 6.03. The van der Waals surface area contributed by atoms with Gasteiger partial charge in [-0.1, -0.05) is 12.8 Å². The molecule has 1 amide bonds. The SMILES string of the molecule is CN(C)CC1(O)CCN(C(=O)C2CCCCCN2C)CC1.O=CO.O=CO. The molecule has 9 nitrogen and oxygen atoms in total. The van der Waals surface area contributed by atoms with Crippen molar-refractivity contribution in [1.29, 1.82) is 0 Å². The molecule has 2 aliphatic heterocycles. The third-order valence-electron chi connectivity index (χ3n) is 4.92. The van der Waals surface area contributed by atoms with Gasteiger partial charge in [0.15, 0.2) is 0 Å². The Morgan fingerprint density at radius 2 is 1.59 bits per heavy atom. The molecule has 0 aliphatic carbocycles. The van der Waals surface area contributed by atoms with Gasteiger partial charge in [0.05, 0.1) is 11.6 Å². The molecule has 158 valence electrons. The van der Waals surface area contributed by atoms with Crippen LogP contribution in [0.4, 0.5) is 0 Å². The third-order valence-corrected chi connectivity index (χ3v) is 4.92. The van der Waals surface area contributed by atoms with Crippen LogP contribution in [0.3, 0.4) is 0 Å². The molecule has 2 aliphatic rings. The smallest absolute Gasteiger partial charge is 0.290 e. The van der Waals surface area contributed by atoms with Crippen molar-refractivity contribution in [3.8, 4) is 0 Å². The normalized spacial score (nSPS) is 22.4. The lowest BCUT2D eigenvalue weighted by atomic mass is 9.90. The predicted molar refractivity (Wildman–Crippen MR) is 102 cm³/mol. The molecule has 2 rings (SSSR count). The van der Waals surface area contributed by atoms with E-state index in [-0.39, 0.29) is 24.9 Å². The van der Waals surface area contributed by atoms with Crippen molar-refractivity contribution >= 4 is 18.9 Å². The van der Waals surface area contributed by atoms with Crippen LogP contribution in [0.5, 0.6) is 0 Å². The lowest BCUT2D eigenvalue weighted by molar-refractivity contribution is -0.141. The van der Waals surface area contributed by atoms with Gasteiger partial charge in [-0.2, -0.15) is 0 Å². The van der Waals surface area contributed by atoms with E-state index >= 15 is 0 Å². The lowest BCUT2D eigenvalue weighted by Crippen LogP contribution is -2.54. The van der Waals surface area contributed by atoms with Crippen LogP contribution in [0.1, 0.15) is 38.5 Å². The summed E-state index contributed by atoms with van der Waals surface area (Å²) in [4.78, 5) is 35.7. The Bertz CT molecular complexity index is 433. The molecule has 1 unspecified atom stereocenters. The topological polar surface area (TPSA) is 122 Å². The minimum absolute atomic E-state index is 0.0486. The molecule has 27 heavy (non-hydrogen) atoms. The summed E-state index contributed by atoms with van der Waals surface area (Å²) in [5.74, 6) is 0.270. The van der Waals surface area contributed by atoms with E-state index in [0.717, 1.165) is 19.4 Å². The largest absolute Gasteiger partial charge is 0.483 e. The van der Waals surface area contributed by atoms with Crippen molar-refractivity contribution in [1.82, 2.24) is 14.7 Å². The summed E-state index contributed by atoms with van der Waals surface area (Å²) in [5.41, 5.74) is -0.629. The molecular formula is C18H35N3O6. The highest BCUT2D eigenvalue weighted by Gasteiger charge is 2.37. The zero-order chi connectivity index (χ0) is 20.9. The van der Waals surface area contributed by atoms with Crippen LogP contribution in [0.25, 0.3) is 0 Å². The minimum atomic E-state index is -0.629. The van der Waals surface area contributed by atoms with Gasteiger partial charge >= 0.3 is 0 Å².